The Hall–Kier alpha value is -2.99. The highest BCUT2D eigenvalue weighted by Crippen LogP contribution is 2.24. The normalized spacial score (nSPS) is 13.1. The summed E-state index contributed by atoms with van der Waals surface area (Å²) in [7, 11) is 1.57. The lowest BCUT2D eigenvalue weighted by atomic mass is 10.1. The number of para-hydroxylation sites is 1. The molecular formula is C19H18N2O4. The highest BCUT2D eigenvalue weighted by molar-refractivity contribution is 6.22. The standard InChI is InChI=1S/C19H18N2O4/c1-25-11-5-10-21-18(23)15-9-8-13(12-16(15)19(21)24)17(22)20-14-6-3-2-4-7-14/h2-4,6-9,12H,5,10-11H2,1H3,(H,20,22). The van der Waals surface area contributed by atoms with Crippen LogP contribution in [-0.4, -0.2) is 42.9 Å². The Balaban J connectivity index is 1.78. The molecule has 0 unspecified atom stereocenters. The number of hydrogen-bond donors (Lipinski definition) is 1. The predicted molar refractivity (Wildman–Crippen MR) is 92.7 cm³/mol. The molecule has 0 bridgehead atoms. The van der Waals surface area contributed by atoms with Crippen LogP contribution in [-0.2, 0) is 4.74 Å². The van der Waals surface area contributed by atoms with Crippen LogP contribution in [0.2, 0.25) is 0 Å². The molecular weight excluding hydrogens is 320 g/mol. The summed E-state index contributed by atoms with van der Waals surface area (Å²) in [5, 5.41) is 2.76. The molecule has 0 radical (unpaired) electrons. The Morgan fingerprint density at radius 1 is 1.04 bits per heavy atom. The van der Waals surface area contributed by atoms with Crippen molar-refractivity contribution in [2.45, 2.75) is 6.42 Å². The van der Waals surface area contributed by atoms with Crippen molar-refractivity contribution >= 4 is 23.4 Å². The van der Waals surface area contributed by atoms with Gasteiger partial charge in [-0.15, -0.1) is 0 Å². The summed E-state index contributed by atoms with van der Waals surface area (Å²) in [4.78, 5) is 38.4. The van der Waals surface area contributed by atoms with Crippen LogP contribution in [0.25, 0.3) is 0 Å². The Morgan fingerprint density at radius 2 is 1.76 bits per heavy atom. The molecule has 0 fully saturated rings. The molecule has 1 aliphatic rings. The molecule has 2 aromatic rings. The summed E-state index contributed by atoms with van der Waals surface area (Å²) in [6, 6.07) is 13.6. The smallest absolute Gasteiger partial charge is 0.261 e. The molecule has 6 heteroatoms. The lowest BCUT2D eigenvalue weighted by Crippen LogP contribution is -2.31. The van der Waals surface area contributed by atoms with Crippen LogP contribution in [0.4, 0.5) is 5.69 Å². The molecule has 0 aliphatic carbocycles. The van der Waals surface area contributed by atoms with E-state index in [0.29, 0.717) is 36.4 Å². The van der Waals surface area contributed by atoms with E-state index >= 15 is 0 Å². The van der Waals surface area contributed by atoms with Gasteiger partial charge in [0.1, 0.15) is 0 Å². The molecule has 1 N–H and O–H groups in total. The predicted octanol–water partition coefficient (Wildman–Crippen LogP) is 2.57. The maximum Gasteiger partial charge on any atom is 0.261 e. The summed E-state index contributed by atoms with van der Waals surface area (Å²) in [6.07, 6.45) is 0.573. The van der Waals surface area contributed by atoms with E-state index in [9.17, 15) is 14.4 Å². The van der Waals surface area contributed by atoms with E-state index in [0.717, 1.165) is 0 Å². The van der Waals surface area contributed by atoms with Crippen molar-refractivity contribution in [3.63, 3.8) is 0 Å². The molecule has 3 rings (SSSR count). The van der Waals surface area contributed by atoms with Crippen LogP contribution < -0.4 is 5.32 Å². The van der Waals surface area contributed by atoms with Crippen LogP contribution in [0, 0.1) is 0 Å². The van der Waals surface area contributed by atoms with Crippen LogP contribution in [0.15, 0.2) is 48.5 Å². The SMILES string of the molecule is COCCCN1C(=O)c2ccc(C(=O)Nc3ccccc3)cc2C1=O. The Kier molecular flexibility index (Phi) is 4.90. The van der Waals surface area contributed by atoms with Gasteiger partial charge in [0.05, 0.1) is 11.1 Å². The Labute approximate surface area is 145 Å². The van der Waals surface area contributed by atoms with Crippen molar-refractivity contribution in [2.75, 3.05) is 25.6 Å². The number of nitrogens with one attached hydrogen (secondary N) is 1. The van der Waals surface area contributed by atoms with Gasteiger partial charge in [0.25, 0.3) is 17.7 Å². The second-order valence-corrected chi connectivity index (χ2v) is 5.69. The maximum absolute atomic E-state index is 12.5. The minimum Gasteiger partial charge on any atom is -0.385 e. The average molecular weight is 338 g/mol. The van der Waals surface area contributed by atoms with Crippen LogP contribution in [0.3, 0.4) is 0 Å². The number of carbonyl (C=O) groups excluding carboxylic acids is 3. The summed E-state index contributed by atoms with van der Waals surface area (Å²) in [5.74, 6) is -1.02. The first-order chi connectivity index (χ1) is 12.1. The van der Waals surface area contributed by atoms with E-state index in [-0.39, 0.29) is 23.3 Å². The van der Waals surface area contributed by atoms with Crippen LogP contribution in [0.1, 0.15) is 37.5 Å². The van der Waals surface area contributed by atoms with Crippen LogP contribution in [0.5, 0.6) is 0 Å². The minimum absolute atomic E-state index is 0.267. The second-order valence-electron chi connectivity index (χ2n) is 5.69. The fourth-order valence-electron chi connectivity index (χ4n) is 2.73. The van der Waals surface area contributed by atoms with Crippen molar-refractivity contribution in [1.82, 2.24) is 4.90 Å². The molecule has 25 heavy (non-hydrogen) atoms. The van der Waals surface area contributed by atoms with Gasteiger partial charge in [0.2, 0.25) is 0 Å². The van der Waals surface area contributed by atoms with E-state index in [1.165, 1.54) is 17.0 Å². The van der Waals surface area contributed by atoms with Crippen molar-refractivity contribution in [2.24, 2.45) is 0 Å². The quantitative estimate of drug-likeness (QED) is 0.649. The average Bonchev–Trinajstić information content (AvgIpc) is 2.87. The largest absolute Gasteiger partial charge is 0.385 e. The number of benzene rings is 2. The van der Waals surface area contributed by atoms with Gasteiger partial charge in [-0.1, -0.05) is 18.2 Å². The fraction of sp³-hybridized carbons (Fsp3) is 0.211. The molecule has 0 atom stereocenters. The maximum atomic E-state index is 12.5. The fourth-order valence-corrected chi connectivity index (χ4v) is 2.73. The number of ether oxygens (including phenoxy) is 1. The van der Waals surface area contributed by atoms with Crippen molar-refractivity contribution in [3.8, 4) is 0 Å². The first kappa shape index (κ1) is 16.9. The zero-order chi connectivity index (χ0) is 17.8. The molecule has 2 aromatic carbocycles. The number of carbonyl (C=O) groups is 3. The lowest BCUT2D eigenvalue weighted by Gasteiger charge is -2.12. The number of hydrogen-bond acceptors (Lipinski definition) is 4. The third-order valence-corrected chi connectivity index (χ3v) is 3.99. The molecule has 3 amide bonds. The summed E-state index contributed by atoms with van der Waals surface area (Å²) >= 11 is 0. The topological polar surface area (TPSA) is 75.7 Å². The zero-order valence-corrected chi connectivity index (χ0v) is 13.8. The molecule has 0 spiro atoms. The summed E-state index contributed by atoms with van der Waals surface area (Å²) < 4.78 is 4.95. The highest BCUT2D eigenvalue weighted by Gasteiger charge is 2.35. The van der Waals surface area contributed by atoms with Crippen LogP contribution >= 0.6 is 0 Å². The number of rotatable bonds is 6. The van der Waals surface area contributed by atoms with Gasteiger partial charge in [-0.25, -0.2) is 0 Å². The summed E-state index contributed by atoms with van der Waals surface area (Å²) in [5.41, 5.74) is 1.60. The monoisotopic (exact) mass is 338 g/mol. The van der Waals surface area contributed by atoms with Crippen molar-refractivity contribution in [1.29, 1.82) is 0 Å². The minimum atomic E-state index is -0.370. The van der Waals surface area contributed by atoms with E-state index in [1.807, 2.05) is 18.2 Å². The number of anilines is 1. The van der Waals surface area contributed by atoms with E-state index in [1.54, 1.807) is 25.3 Å². The third kappa shape index (κ3) is 3.44. The van der Waals surface area contributed by atoms with Gasteiger partial charge in [-0.2, -0.15) is 0 Å². The van der Waals surface area contributed by atoms with E-state index in [2.05, 4.69) is 5.32 Å². The number of methoxy groups -OCH3 is 1. The zero-order valence-electron chi connectivity index (χ0n) is 13.8. The summed E-state index contributed by atoms with van der Waals surface area (Å²) in [6.45, 7) is 0.768. The molecule has 1 aliphatic heterocycles. The van der Waals surface area contributed by atoms with Gasteiger partial charge < -0.3 is 10.1 Å². The first-order valence-corrected chi connectivity index (χ1v) is 7.97. The Bertz CT molecular complexity index is 817. The molecule has 0 saturated heterocycles. The van der Waals surface area contributed by atoms with Gasteiger partial charge in [-0.3, -0.25) is 19.3 Å². The van der Waals surface area contributed by atoms with Gasteiger partial charge in [0, 0.05) is 31.5 Å². The number of amides is 3. The number of fused-ring (bicyclic) bond motifs is 1. The highest BCUT2D eigenvalue weighted by atomic mass is 16.5. The lowest BCUT2D eigenvalue weighted by molar-refractivity contribution is 0.0638. The Morgan fingerprint density at radius 3 is 2.48 bits per heavy atom. The number of nitrogens with zero attached hydrogens (tertiary/aromatic N) is 1. The van der Waals surface area contributed by atoms with Gasteiger partial charge in [-0.05, 0) is 36.8 Å². The molecule has 0 aromatic heterocycles. The molecule has 128 valence electrons. The molecule has 6 nitrogen and oxygen atoms in total. The second kappa shape index (κ2) is 7.27. The first-order valence-electron chi connectivity index (χ1n) is 7.97. The third-order valence-electron chi connectivity index (χ3n) is 3.99. The van der Waals surface area contributed by atoms with Gasteiger partial charge >= 0.3 is 0 Å². The van der Waals surface area contributed by atoms with Gasteiger partial charge in [0.15, 0.2) is 0 Å². The van der Waals surface area contributed by atoms with Crippen molar-refractivity contribution < 1.29 is 19.1 Å². The van der Waals surface area contributed by atoms with E-state index in [4.69, 9.17) is 4.74 Å². The molecule has 1 heterocycles. The molecule has 0 saturated carbocycles. The number of imide groups is 1. The van der Waals surface area contributed by atoms with Crippen molar-refractivity contribution in [3.05, 3.63) is 65.2 Å². The van der Waals surface area contributed by atoms with E-state index < -0.39 is 0 Å².